The van der Waals surface area contributed by atoms with Crippen LogP contribution in [-0.2, 0) is 25.2 Å². The molecular formula is C18H20F3NO4. The molecule has 142 valence electrons. The zero-order valence-electron chi connectivity index (χ0n) is 14.5. The number of rotatable bonds is 6. The van der Waals surface area contributed by atoms with E-state index in [2.05, 4.69) is 11.9 Å². The Morgan fingerprint density at radius 1 is 1.31 bits per heavy atom. The summed E-state index contributed by atoms with van der Waals surface area (Å²) in [5.41, 5.74) is -0.942. The summed E-state index contributed by atoms with van der Waals surface area (Å²) in [5, 5.41) is 2.62. The first-order chi connectivity index (χ1) is 12.0. The Hall–Kier alpha value is -2.35. The number of esters is 1. The van der Waals surface area contributed by atoms with E-state index in [0.717, 1.165) is 12.1 Å². The van der Waals surface area contributed by atoms with E-state index in [9.17, 15) is 22.8 Å². The van der Waals surface area contributed by atoms with Gasteiger partial charge in [0.1, 0.15) is 0 Å². The van der Waals surface area contributed by atoms with Gasteiger partial charge < -0.3 is 14.8 Å². The minimum Gasteiger partial charge on any atom is -0.451 e. The molecule has 5 nitrogen and oxygen atoms in total. The van der Waals surface area contributed by atoms with Crippen molar-refractivity contribution in [3.05, 3.63) is 47.5 Å². The van der Waals surface area contributed by atoms with Gasteiger partial charge in [-0.15, -0.1) is 0 Å². The average molecular weight is 371 g/mol. The number of hydrogen-bond acceptors (Lipinski definition) is 4. The lowest BCUT2D eigenvalue weighted by Crippen LogP contribution is -2.50. The van der Waals surface area contributed by atoms with Gasteiger partial charge in [-0.1, -0.05) is 18.7 Å². The molecular weight excluding hydrogens is 351 g/mol. The molecule has 1 aliphatic rings. The largest absolute Gasteiger partial charge is 0.451 e. The molecule has 1 unspecified atom stereocenters. The SMILES string of the molecule is C=C(CC(=O)NC(C)c1ccc(C(F)(F)F)cc1)C(=O)OC1(C)COC1. The Morgan fingerprint density at radius 3 is 2.35 bits per heavy atom. The second-order valence-electron chi connectivity index (χ2n) is 6.52. The van der Waals surface area contributed by atoms with Crippen LogP contribution in [0.25, 0.3) is 0 Å². The van der Waals surface area contributed by atoms with Gasteiger partial charge >= 0.3 is 12.1 Å². The average Bonchev–Trinajstić information content (AvgIpc) is 2.52. The molecule has 1 fully saturated rings. The number of hydrogen-bond donors (Lipinski definition) is 1. The highest BCUT2D eigenvalue weighted by Gasteiger charge is 2.38. The lowest BCUT2D eigenvalue weighted by molar-refractivity contribution is -0.202. The number of ether oxygens (including phenoxy) is 2. The Balaban J connectivity index is 1.86. The lowest BCUT2D eigenvalue weighted by Gasteiger charge is -2.37. The molecule has 0 bridgehead atoms. The highest BCUT2D eigenvalue weighted by atomic mass is 19.4. The maximum absolute atomic E-state index is 12.6. The van der Waals surface area contributed by atoms with Crippen LogP contribution in [0.3, 0.4) is 0 Å². The number of nitrogens with one attached hydrogen (secondary N) is 1. The van der Waals surface area contributed by atoms with E-state index < -0.39 is 35.3 Å². The van der Waals surface area contributed by atoms with Crippen molar-refractivity contribution in [2.45, 2.75) is 38.1 Å². The van der Waals surface area contributed by atoms with Crippen molar-refractivity contribution >= 4 is 11.9 Å². The predicted octanol–water partition coefficient (Wildman–Crippen LogP) is 3.16. The van der Waals surface area contributed by atoms with Gasteiger partial charge in [0, 0.05) is 5.57 Å². The zero-order chi connectivity index (χ0) is 19.5. The monoisotopic (exact) mass is 371 g/mol. The third-order valence-electron chi connectivity index (χ3n) is 3.93. The second kappa shape index (κ2) is 7.49. The highest BCUT2D eigenvalue weighted by Crippen LogP contribution is 2.30. The summed E-state index contributed by atoms with van der Waals surface area (Å²) < 4.78 is 47.9. The molecule has 2 rings (SSSR count). The molecule has 1 atom stereocenters. The van der Waals surface area contributed by atoms with Crippen molar-refractivity contribution in [2.24, 2.45) is 0 Å². The lowest BCUT2D eigenvalue weighted by atomic mass is 10.0. The highest BCUT2D eigenvalue weighted by molar-refractivity contribution is 5.95. The molecule has 1 aromatic rings. The van der Waals surface area contributed by atoms with Gasteiger partial charge in [0.25, 0.3) is 0 Å². The van der Waals surface area contributed by atoms with Gasteiger partial charge in [0.2, 0.25) is 5.91 Å². The first kappa shape index (κ1) is 20.0. The Morgan fingerprint density at radius 2 is 1.88 bits per heavy atom. The summed E-state index contributed by atoms with van der Waals surface area (Å²) in [6, 6.07) is 3.99. The van der Waals surface area contributed by atoms with E-state index in [0.29, 0.717) is 18.8 Å². The van der Waals surface area contributed by atoms with Crippen molar-refractivity contribution in [3.63, 3.8) is 0 Å². The van der Waals surface area contributed by atoms with Crippen LogP contribution in [0.1, 0.15) is 37.4 Å². The predicted molar refractivity (Wildman–Crippen MR) is 87.1 cm³/mol. The smallest absolute Gasteiger partial charge is 0.416 e. The molecule has 1 aliphatic heterocycles. The van der Waals surface area contributed by atoms with Gasteiger partial charge in [0.15, 0.2) is 5.60 Å². The van der Waals surface area contributed by atoms with E-state index in [1.807, 2.05) is 0 Å². The molecule has 1 amide bonds. The van der Waals surface area contributed by atoms with Gasteiger partial charge in [-0.2, -0.15) is 13.2 Å². The van der Waals surface area contributed by atoms with Gasteiger partial charge in [-0.05, 0) is 31.5 Å². The number of halogens is 3. The molecule has 8 heteroatoms. The molecule has 0 aromatic heterocycles. The fraction of sp³-hybridized carbons (Fsp3) is 0.444. The molecule has 0 radical (unpaired) electrons. The summed E-state index contributed by atoms with van der Waals surface area (Å²) in [6.07, 6.45) is -4.67. The van der Waals surface area contributed by atoms with E-state index in [-0.39, 0.29) is 12.0 Å². The van der Waals surface area contributed by atoms with E-state index in [1.54, 1.807) is 13.8 Å². The summed E-state index contributed by atoms with van der Waals surface area (Å²) in [4.78, 5) is 23.9. The summed E-state index contributed by atoms with van der Waals surface area (Å²) in [6.45, 7) is 7.49. The molecule has 1 N–H and O–H groups in total. The molecule has 26 heavy (non-hydrogen) atoms. The minimum atomic E-state index is -4.41. The van der Waals surface area contributed by atoms with Crippen LogP contribution in [0.4, 0.5) is 13.2 Å². The number of alkyl halides is 3. The van der Waals surface area contributed by atoms with E-state index in [4.69, 9.17) is 9.47 Å². The topological polar surface area (TPSA) is 64.6 Å². The van der Waals surface area contributed by atoms with Crippen LogP contribution >= 0.6 is 0 Å². The molecule has 1 saturated heterocycles. The van der Waals surface area contributed by atoms with Crippen molar-refractivity contribution in [1.82, 2.24) is 5.32 Å². The maximum Gasteiger partial charge on any atom is 0.416 e. The van der Waals surface area contributed by atoms with Crippen LogP contribution in [0, 0.1) is 0 Å². The van der Waals surface area contributed by atoms with Crippen LogP contribution in [0.2, 0.25) is 0 Å². The molecule has 0 aliphatic carbocycles. The number of carbonyl (C=O) groups is 2. The normalized spacial score (nSPS) is 17.0. The van der Waals surface area contributed by atoms with Crippen molar-refractivity contribution in [2.75, 3.05) is 13.2 Å². The molecule has 1 aromatic carbocycles. The van der Waals surface area contributed by atoms with Crippen LogP contribution in [0.15, 0.2) is 36.4 Å². The summed E-state index contributed by atoms with van der Waals surface area (Å²) in [7, 11) is 0. The second-order valence-corrected chi connectivity index (χ2v) is 6.52. The molecule has 0 saturated carbocycles. The summed E-state index contributed by atoms with van der Waals surface area (Å²) >= 11 is 0. The van der Waals surface area contributed by atoms with Gasteiger partial charge in [-0.3, -0.25) is 4.79 Å². The zero-order valence-corrected chi connectivity index (χ0v) is 14.5. The number of benzene rings is 1. The quantitative estimate of drug-likeness (QED) is 0.616. The Labute approximate surface area is 149 Å². The maximum atomic E-state index is 12.6. The molecule has 0 spiro atoms. The van der Waals surface area contributed by atoms with Crippen molar-refractivity contribution in [3.8, 4) is 0 Å². The van der Waals surface area contributed by atoms with Crippen LogP contribution < -0.4 is 5.32 Å². The van der Waals surface area contributed by atoms with Crippen LogP contribution in [-0.4, -0.2) is 30.7 Å². The van der Waals surface area contributed by atoms with Crippen molar-refractivity contribution < 1.29 is 32.2 Å². The summed E-state index contributed by atoms with van der Waals surface area (Å²) in [5.74, 6) is -1.15. The van der Waals surface area contributed by atoms with E-state index >= 15 is 0 Å². The van der Waals surface area contributed by atoms with Gasteiger partial charge in [0.05, 0.1) is 31.2 Å². The van der Waals surface area contributed by atoms with Crippen molar-refractivity contribution in [1.29, 1.82) is 0 Å². The molecule has 1 heterocycles. The number of amides is 1. The number of carbonyl (C=O) groups excluding carboxylic acids is 2. The Kier molecular flexibility index (Phi) is 5.75. The first-order valence-corrected chi connectivity index (χ1v) is 7.95. The van der Waals surface area contributed by atoms with Gasteiger partial charge in [-0.25, -0.2) is 4.79 Å². The third-order valence-corrected chi connectivity index (χ3v) is 3.93. The third kappa shape index (κ3) is 5.08. The standard InChI is InChI=1S/C18H20F3NO4/c1-11(16(24)26-17(3)9-25-10-17)8-15(23)22-12(2)13-4-6-14(7-5-13)18(19,20)21/h4-7,12H,1,8-10H2,2-3H3,(H,22,23). The first-order valence-electron chi connectivity index (χ1n) is 7.95. The Bertz CT molecular complexity index is 693. The fourth-order valence-corrected chi connectivity index (χ4v) is 2.35. The minimum absolute atomic E-state index is 0.00440. The fourth-order valence-electron chi connectivity index (χ4n) is 2.35. The van der Waals surface area contributed by atoms with Crippen LogP contribution in [0.5, 0.6) is 0 Å². The van der Waals surface area contributed by atoms with E-state index in [1.165, 1.54) is 12.1 Å².